The summed E-state index contributed by atoms with van der Waals surface area (Å²) in [5.74, 6) is 0. The first-order chi connectivity index (χ1) is 9.74. The summed E-state index contributed by atoms with van der Waals surface area (Å²) in [4.78, 5) is 2.55. The summed E-state index contributed by atoms with van der Waals surface area (Å²) in [5.41, 5.74) is 1.02. The van der Waals surface area contributed by atoms with Gasteiger partial charge in [0.15, 0.2) is 5.11 Å². The number of likely N-dealkylation sites (tertiary alicyclic amines) is 1. The molecule has 0 radical (unpaired) electrons. The summed E-state index contributed by atoms with van der Waals surface area (Å²) < 4.78 is 1.07. The molecule has 1 fully saturated rings. The van der Waals surface area contributed by atoms with E-state index >= 15 is 0 Å². The maximum atomic E-state index is 5.29. The standard InChI is InChI=1S/C15H22BrN3S/c16-13-5-7-14(8-6-13)18-15(20)17-9-4-12-19-10-2-1-3-11-19/h5-8H,1-4,9-12H2,(H2,17,18,20). The maximum absolute atomic E-state index is 5.29. The molecule has 1 saturated heterocycles. The molecule has 110 valence electrons. The molecule has 0 bridgehead atoms. The van der Waals surface area contributed by atoms with Crippen LogP contribution in [0.2, 0.25) is 0 Å². The topological polar surface area (TPSA) is 27.3 Å². The Labute approximate surface area is 135 Å². The van der Waals surface area contributed by atoms with E-state index in [0.717, 1.165) is 23.1 Å². The molecule has 1 aromatic carbocycles. The maximum Gasteiger partial charge on any atom is 0.170 e. The van der Waals surface area contributed by atoms with Gasteiger partial charge in [0.05, 0.1) is 0 Å². The Morgan fingerprint density at radius 2 is 1.85 bits per heavy atom. The van der Waals surface area contributed by atoms with Crippen LogP contribution in [0.1, 0.15) is 25.7 Å². The molecule has 0 aliphatic carbocycles. The first kappa shape index (κ1) is 15.7. The molecule has 0 atom stereocenters. The van der Waals surface area contributed by atoms with Crippen molar-refractivity contribution in [1.82, 2.24) is 10.2 Å². The van der Waals surface area contributed by atoms with Crippen LogP contribution in [0.25, 0.3) is 0 Å². The summed E-state index contributed by atoms with van der Waals surface area (Å²) in [7, 11) is 0. The van der Waals surface area contributed by atoms with Gasteiger partial charge in [-0.1, -0.05) is 22.4 Å². The lowest BCUT2D eigenvalue weighted by atomic mass is 10.1. The zero-order valence-electron chi connectivity index (χ0n) is 11.7. The van der Waals surface area contributed by atoms with Gasteiger partial charge in [-0.2, -0.15) is 0 Å². The predicted molar refractivity (Wildman–Crippen MR) is 93.3 cm³/mol. The predicted octanol–water partition coefficient (Wildman–Crippen LogP) is 3.61. The summed E-state index contributed by atoms with van der Waals surface area (Å²) in [6.07, 6.45) is 5.26. The minimum absolute atomic E-state index is 0.700. The molecule has 0 saturated carbocycles. The van der Waals surface area contributed by atoms with E-state index < -0.39 is 0 Å². The second-order valence-electron chi connectivity index (χ2n) is 5.14. The lowest BCUT2D eigenvalue weighted by Crippen LogP contribution is -2.34. The second kappa shape index (κ2) is 8.60. The third kappa shape index (κ3) is 5.77. The van der Waals surface area contributed by atoms with Crippen molar-refractivity contribution in [2.45, 2.75) is 25.7 Å². The van der Waals surface area contributed by atoms with E-state index in [2.05, 4.69) is 31.5 Å². The lowest BCUT2D eigenvalue weighted by molar-refractivity contribution is 0.227. The van der Waals surface area contributed by atoms with Crippen LogP contribution in [0.3, 0.4) is 0 Å². The monoisotopic (exact) mass is 355 g/mol. The van der Waals surface area contributed by atoms with E-state index in [0.29, 0.717) is 5.11 Å². The van der Waals surface area contributed by atoms with Gasteiger partial charge in [0.1, 0.15) is 0 Å². The summed E-state index contributed by atoms with van der Waals surface area (Å²) in [5, 5.41) is 7.16. The number of anilines is 1. The van der Waals surface area contributed by atoms with Crippen LogP contribution in [0, 0.1) is 0 Å². The van der Waals surface area contributed by atoms with Crippen molar-refractivity contribution in [2.24, 2.45) is 0 Å². The van der Waals surface area contributed by atoms with Gasteiger partial charge in [-0.3, -0.25) is 0 Å². The first-order valence-corrected chi connectivity index (χ1v) is 8.47. The first-order valence-electron chi connectivity index (χ1n) is 7.27. The Hall–Kier alpha value is -0.650. The average molecular weight is 356 g/mol. The summed E-state index contributed by atoms with van der Waals surface area (Å²) in [6.45, 7) is 4.63. The molecule has 5 heteroatoms. The fraction of sp³-hybridized carbons (Fsp3) is 0.533. The smallest absolute Gasteiger partial charge is 0.170 e. The number of piperidine rings is 1. The Kier molecular flexibility index (Phi) is 6.76. The molecule has 0 aromatic heterocycles. The molecule has 1 aromatic rings. The third-order valence-corrected chi connectivity index (χ3v) is 4.26. The van der Waals surface area contributed by atoms with Crippen LogP contribution < -0.4 is 10.6 Å². The molecular weight excluding hydrogens is 334 g/mol. The minimum atomic E-state index is 0.700. The number of nitrogens with one attached hydrogen (secondary N) is 2. The Morgan fingerprint density at radius 1 is 1.15 bits per heavy atom. The van der Waals surface area contributed by atoms with Gasteiger partial charge in [0, 0.05) is 16.7 Å². The van der Waals surface area contributed by atoms with Gasteiger partial charge in [-0.05, 0) is 75.4 Å². The molecule has 2 N–H and O–H groups in total. The zero-order valence-corrected chi connectivity index (χ0v) is 14.1. The number of hydrogen-bond acceptors (Lipinski definition) is 2. The van der Waals surface area contributed by atoms with E-state index in [9.17, 15) is 0 Å². The molecule has 2 rings (SSSR count). The fourth-order valence-electron chi connectivity index (χ4n) is 2.40. The van der Waals surface area contributed by atoms with E-state index in [4.69, 9.17) is 12.2 Å². The van der Waals surface area contributed by atoms with Gasteiger partial charge in [-0.15, -0.1) is 0 Å². The van der Waals surface area contributed by atoms with E-state index in [1.54, 1.807) is 0 Å². The van der Waals surface area contributed by atoms with Gasteiger partial charge in [0.25, 0.3) is 0 Å². The number of hydrogen-bond donors (Lipinski definition) is 2. The largest absolute Gasteiger partial charge is 0.362 e. The Balaban J connectivity index is 1.59. The fourth-order valence-corrected chi connectivity index (χ4v) is 2.88. The number of nitrogens with zero attached hydrogens (tertiary/aromatic N) is 1. The van der Waals surface area contributed by atoms with Crippen LogP contribution in [-0.2, 0) is 0 Å². The normalized spacial score (nSPS) is 15.8. The highest BCUT2D eigenvalue weighted by Crippen LogP contribution is 2.13. The van der Waals surface area contributed by atoms with Crippen LogP contribution in [0.4, 0.5) is 5.69 Å². The third-order valence-electron chi connectivity index (χ3n) is 3.49. The van der Waals surface area contributed by atoms with Gasteiger partial charge in [0.2, 0.25) is 0 Å². The molecule has 1 aliphatic heterocycles. The van der Waals surface area contributed by atoms with E-state index in [1.165, 1.54) is 38.9 Å². The molecular formula is C15H22BrN3S. The van der Waals surface area contributed by atoms with Crippen molar-refractivity contribution < 1.29 is 0 Å². The molecule has 0 unspecified atom stereocenters. The quantitative estimate of drug-likeness (QED) is 0.623. The number of benzene rings is 1. The van der Waals surface area contributed by atoms with Crippen molar-refractivity contribution in [1.29, 1.82) is 0 Å². The van der Waals surface area contributed by atoms with Crippen LogP contribution in [0.5, 0.6) is 0 Å². The molecule has 1 aliphatic rings. The Bertz CT molecular complexity index is 416. The minimum Gasteiger partial charge on any atom is -0.362 e. The number of rotatable bonds is 5. The zero-order chi connectivity index (χ0) is 14.2. The van der Waals surface area contributed by atoms with Gasteiger partial charge in [-0.25, -0.2) is 0 Å². The highest BCUT2D eigenvalue weighted by Gasteiger charge is 2.08. The summed E-state index contributed by atoms with van der Waals surface area (Å²) >= 11 is 8.71. The van der Waals surface area contributed by atoms with Crippen molar-refractivity contribution in [2.75, 3.05) is 31.5 Å². The van der Waals surface area contributed by atoms with E-state index in [1.807, 2.05) is 24.3 Å². The number of thiocarbonyl (C=S) groups is 1. The van der Waals surface area contributed by atoms with Crippen LogP contribution >= 0.6 is 28.1 Å². The average Bonchev–Trinajstić information content (AvgIpc) is 2.47. The highest BCUT2D eigenvalue weighted by molar-refractivity contribution is 9.10. The molecule has 1 heterocycles. The van der Waals surface area contributed by atoms with Crippen molar-refractivity contribution in [3.8, 4) is 0 Å². The summed E-state index contributed by atoms with van der Waals surface area (Å²) in [6, 6.07) is 8.01. The highest BCUT2D eigenvalue weighted by atomic mass is 79.9. The Morgan fingerprint density at radius 3 is 2.55 bits per heavy atom. The second-order valence-corrected chi connectivity index (χ2v) is 6.47. The van der Waals surface area contributed by atoms with Gasteiger partial charge >= 0.3 is 0 Å². The van der Waals surface area contributed by atoms with Crippen molar-refractivity contribution in [3.63, 3.8) is 0 Å². The van der Waals surface area contributed by atoms with Crippen LogP contribution in [-0.4, -0.2) is 36.2 Å². The van der Waals surface area contributed by atoms with Crippen molar-refractivity contribution >= 4 is 38.9 Å². The van der Waals surface area contributed by atoms with Gasteiger partial charge < -0.3 is 15.5 Å². The molecule has 0 spiro atoms. The lowest BCUT2D eigenvalue weighted by Gasteiger charge is -2.26. The van der Waals surface area contributed by atoms with Crippen LogP contribution in [0.15, 0.2) is 28.7 Å². The number of halogens is 1. The molecule has 20 heavy (non-hydrogen) atoms. The van der Waals surface area contributed by atoms with Crippen molar-refractivity contribution in [3.05, 3.63) is 28.7 Å². The molecule has 3 nitrogen and oxygen atoms in total. The molecule has 0 amide bonds. The van der Waals surface area contributed by atoms with E-state index in [-0.39, 0.29) is 0 Å². The SMILES string of the molecule is S=C(NCCCN1CCCCC1)Nc1ccc(Br)cc1.